The van der Waals surface area contributed by atoms with Gasteiger partial charge in [0.05, 0.1) is 6.61 Å². The van der Waals surface area contributed by atoms with E-state index in [4.69, 9.17) is 21.1 Å². The van der Waals surface area contributed by atoms with Crippen LogP contribution in [0.4, 0.5) is 0 Å². The second-order valence-electron chi connectivity index (χ2n) is 7.50. The van der Waals surface area contributed by atoms with Crippen LogP contribution < -0.4 is 5.32 Å². The average molecular weight is 480 g/mol. The third-order valence-corrected chi connectivity index (χ3v) is 5.19. The van der Waals surface area contributed by atoms with Crippen LogP contribution >= 0.6 is 11.6 Å². The lowest BCUT2D eigenvalue weighted by molar-refractivity contribution is -0.162. The number of carbonyl (C=O) groups is 2. The highest BCUT2D eigenvalue weighted by Crippen LogP contribution is 2.13. The summed E-state index contributed by atoms with van der Waals surface area (Å²) in [4.78, 5) is 23.8. The molecule has 0 saturated heterocycles. The van der Waals surface area contributed by atoms with Crippen LogP contribution in [0.5, 0.6) is 0 Å². The molecule has 1 atom stereocenters. The van der Waals surface area contributed by atoms with Crippen LogP contribution in [0.15, 0.2) is 78.9 Å². The van der Waals surface area contributed by atoms with Crippen molar-refractivity contribution in [3.8, 4) is 0 Å². The van der Waals surface area contributed by atoms with Gasteiger partial charge in [0.1, 0.15) is 6.79 Å². The molecule has 0 fully saturated rings. The van der Waals surface area contributed by atoms with Gasteiger partial charge in [0.2, 0.25) is 0 Å². The molecular formula is C27H26ClNO5. The van der Waals surface area contributed by atoms with E-state index in [0.717, 1.165) is 16.7 Å². The molecule has 176 valence electrons. The van der Waals surface area contributed by atoms with Gasteiger partial charge in [0, 0.05) is 23.6 Å². The topological polar surface area (TPSA) is 84.9 Å². The molecule has 6 nitrogen and oxygen atoms in total. The Labute approximate surface area is 203 Å². The number of hydrogen-bond donors (Lipinski definition) is 2. The first-order valence-corrected chi connectivity index (χ1v) is 11.2. The number of ether oxygens (including phenoxy) is 2. The monoisotopic (exact) mass is 479 g/mol. The van der Waals surface area contributed by atoms with Gasteiger partial charge in [-0.05, 0) is 41.0 Å². The van der Waals surface area contributed by atoms with E-state index in [9.17, 15) is 14.7 Å². The molecule has 0 saturated carbocycles. The number of nitrogens with one attached hydrogen (secondary N) is 1. The van der Waals surface area contributed by atoms with Gasteiger partial charge in [-0.25, -0.2) is 4.79 Å². The number of hydrogen-bond acceptors (Lipinski definition) is 4. The van der Waals surface area contributed by atoms with Crippen molar-refractivity contribution < 1.29 is 24.2 Å². The third-order valence-electron chi connectivity index (χ3n) is 4.94. The highest BCUT2D eigenvalue weighted by molar-refractivity contribution is 6.30. The van der Waals surface area contributed by atoms with Crippen molar-refractivity contribution in [1.82, 2.24) is 5.32 Å². The van der Waals surface area contributed by atoms with Crippen molar-refractivity contribution >= 4 is 35.6 Å². The largest absolute Gasteiger partial charge is 0.479 e. The summed E-state index contributed by atoms with van der Waals surface area (Å²) in [5.74, 6) is -1.38. The molecular weight excluding hydrogens is 454 g/mol. The van der Waals surface area contributed by atoms with Gasteiger partial charge in [0.15, 0.2) is 6.10 Å². The van der Waals surface area contributed by atoms with Gasteiger partial charge in [-0.1, -0.05) is 78.4 Å². The lowest BCUT2D eigenvalue weighted by atomic mass is 10.1. The van der Waals surface area contributed by atoms with E-state index in [1.165, 1.54) is 0 Å². The van der Waals surface area contributed by atoms with E-state index < -0.39 is 12.1 Å². The Balaban J connectivity index is 1.40. The predicted molar refractivity (Wildman–Crippen MR) is 132 cm³/mol. The maximum absolute atomic E-state index is 12.4. The zero-order valence-corrected chi connectivity index (χ0v) is 19.3. The highest BCUT2D eigenvalue weighted by Gasteiger charge is 2.18. The van der Waals surface area contributed by atoms with Gasteiger partial charge < -0.3 is 19.9 Å². The Morgan fingerprint density at radius 2 is 1.53 bits per heavy atom. The number of benzene rings is 3. The quantitative estimate of drug-likeness (QED) is 0.210. The minimum absolute atomic E-state index is 0.123. The van der Waals surface area contributed by atoms with E-state index >= 15 is 0 Å². The van der Waals surface area contributed by atoms with Crippen LogP contribution in [0.25, 0.3) is 12.2 Å². The van der Waals surface area contributed by atoms with Gasteiger partial charge in [-0.3, -0.25) is 4.79 Å². The fourth-order valence-corrected chi connectivity index (χ4v) is 3.20. The second kappa shape index (κ2) is 13.3. The molecule has 2 N–H and O–H groups in total. The molecule has 0 aliphatic carbocycles. The van der Waals surface area contributed by atoms with Crippen molar-refractivity contribution in [3.63, 3.8) is 0 Å². The summed E-state index contributed by atoms with van der Waals surface area (Å²) < 4.78 is 10.7. The van der Waals surface area contributed by atoms with Gasteiger partial charge in [-0.15, -0.1) is 0 Å². The number of rotatable bonds is 12. The minimum Gasteiger partial charge on any atom is -0.479 e. The zero-order chi connectivity index (χ0) is 24.2. The van der Waals surface area contributed by atoms with E-state index in [0.29, 0.717) is 17.2 Å². The first-order chi connectivity index (χ1) is 16.5. The van der Waals surface area contributed by atoms with Crippen LogP contribution in [0.3, 0.4) is 0 Å². The first-order valence-electron chi connectivity index (χ1n) is 10.8. The summed E-state index contributed by atoms with van der Waals surface area (Å²) in [5, 5.41) is 12.8. The Kier molecular flexibility index (Phi) is 9.85. The van der Waals surface area contributed by atoms with Gasteiger partial charge >= 0.3 is 5.97 Å². The number of carboxylic acid groups (broad SMARTS) is 1. The third kappa shape index (κ3) is 8.48. The lowest BCUT2D eigenvalue weighted by Gasteiger charge is -2.14. The summed E-state index contributed by atoms with van der Waals surface area (Å²) in [6.45, 7) is 0.340. The summed E-state index contributed by atoms with van der Waals surface area (Å²) in [7, 11) is 0. The second-order valence-corrected chi connectivity index (χ2v) is 7.93. The average Bonchev–Trinajstić information content (AvgIpc) is 2.86. The number of carbonyl (C=O) groups excluding carboxylic acids is 1. The number of halogens is 1. The lowest BCUT2D eigenvalue weighted by Crippen LogP contribution is -2.32. The fourth-order valence-electron chi connectivity index (χ4n) is 3.07. The molecule has 0 aliphatic heterocycles. The Morgan fingerprint density at radius 1 is 0.912 bits per heavy atom. The minimum atomic E-state index is -1.10. The Bertz CT molecular complexity index is 1080. The van der Waals surface area contributed by atoms with Gasteiger partial charge in [-0.2, -0.15) is 0 Å². The summed E-state index contributed by atoms with van der Waals surface area (Å²) in [5.41, 5.74) is 3.42. The summed E-state index contributed by atoms with van der Waals surface area (Å²) in [6.07, 6.45) is 2.95. The first kappa shape index (κ1) is 25.2. The maximum atomic E-state index is 12.4. The molecule has 0 bridgehead atoms. The normalized spacial score (nSPS) is 11.9. The van der Waals surface area contributed by atoms with E-state index in [-0.39, 0.29) is 25.7 Å². The van der Waals surface area contributed by atoms with E-state index in [1.54, 1.807) is 12.1 Å². The smallest absolute Gasteiger partial charge is 0.332 e. The van der Waals surface area contributed by atoms with Gasteiger partial charge in [0.25, 0.3) is 5.91 Å². The number of aliphatic carboxylic acids is 1. The van der Waals surface area contributed by atoms with Crippen molar-refractivity contribution in [1.29, 1.82) is 0 Å². The highest BCUT2D eigenvalue weighted by atomic mass is 35.5. The number of carboxylic acids is 1. The van der Waals surface area contributed by atoms with Crippen LogP contribution in [0.2, 0.25) is 5.02 Å². The van der Waals surface area contributed by atoms with Crippen LogP contribution in [-0.4, -0.2) is 36.4 Å². The molecule has 0 heterocycles. The molecule has 3 aromatic rings. The van der Waals surface area contributed by atoms with Crippen LogP contribution in [0.1, 0.15) is 33.5 Å². The van der Waals surface area contributed by atoms with Crippen molar-refractivity contribution in [3.05, 3.63) is 106 Å². The molecule has 0 spiro atoms. The molecule has 34 heavy (non-hydrogen) atoms. The molecule has 1 amide bonds. The Morgan fingerprint density at radius 3 is 2.15 bits per heavy atom. The zero-order valence-electron chi connectivity index (χ0n) is 18.5. The van der Waals surface area contributed by atoms with Crippen molar-refractivity contribution in [2.75, 3.05) is 13.3 Å². The van der Waals surface area contributed by atoms with Crippen molar-refractivity contribution in [2.45, 2.75) is 19.1 Å². The molecule has 0 unspecified atom stereocenters. The number of amides is 1. The fraction of sp³-hybridized carbons (Fsp3) is 0.185. The molecule has 3 rings (SSSR count). The van der Waals surface area contributed by atoms with Crippen LogP contribution in [0, 0.1) is 0 Å². The summed E-state index contributed by atoms with van der Waals surface area (Å²) in [6, 6.07) is 24.1. The van der Waals surface area contributed by atoms with E-state index in [2.05, 4.69) is 5.32 Å². The maximum Gasteiger partial charge on any atom is 0.332 e. The summed E-state index contributed by atoms with van der Waals surface area (Å²) >= 11 is 5.89. The predicted octanol–water partition coefficient (Wildman–Crippen LogP) is 5.27. The molecule has 0 aromatic heterocycles. The Hall–Kier alpha value is -3.45. The molecule has 0 aliphatic rings. The molecule has 0 radical (unpaired) electrons. The molecule has 7 heteroatoms. The van der Waals surface area contributed by atoms with Crippen molar-refractivity contribution in [2.24, 2.45) is 0 Å². The molecule has 3 aromatic carbocycles. The van der Waals surface area contributed by atoms with E-state index in [1.807, 2.05) is 78.9 Å². The standard InChI is InChI=1S/C27H26ClNO5/c28-24-14-10-21(11-15-24)7-6-20-8-12-23(13-9-20)26(30)29-17-16-25(27(31)32)34-19-33-18-22-4-2-1-3-5-22/h1-15,25H,16-19H2,(H,29,30)(H,31,32)/t25-/m0/s1. The van der Waals surface area contributed by atoms with Crippen LogP contribution in [-0.2, 0) is 20.9 Å². The SMILES string of the molecule is O=C(NCC[C@H](OCOCc1ccccc1)C(=O)O)c1ccc(C=Cc2ccc(Cl)cc2)cc1.